The molecule has 3 nitrogen and oxygen atoms in total. The zero-order valence-electron chi connectivity index (χ0n) is 10.2. The minimum atomic E-state index is 0.428. The van der Waals surface area contributed by atoms with Crippen LogP contribution in [0.25, 0.3) is 0 Å². The van der Waals surface area contributed by atoms with Gasteiger partial charge in [-0.25, -0.2) is 4.98 Å². The molecule has 16 heavy (non-hydrogen) atoms. The number of aromatic nitrogens is 1. The second-order valence-corrected chi connectivity index (χ2v) is 4.99. The van der Waals surface area contributed by atoms with Crippen LogP contribution in [0.1, 0.15) is 25.8 Å². The van der Waals surface area contributed by atoms with E-state index in [0.29, 0.717) is 12.6 Å². The molecule has 0 atom stereocenters. The van der Waals surface area contributed by atoms with Gasteiger partial charge in [0.25, 0.3) is 0 Å². The van der Waals surface area contributed by atoms with Crippen molar-refractivity contribution in [1.29, 1.82) is 0 Å². The molecule has 1 aromatic rings. The van der Waals surface area contributed by atoms with Crippen molar-refractivity contribution in [2.75, 3.05) is 18.0 Å². The average molecular weight is 286 g/mol. The van der Waals surface area contributed by atoms with Gasteiger partial charge in [-0.15, -0.1) is 0 Å². The highest BCUT2D eigenvalue weighted by molar-refractivity contribution is 9.10. The third kappa shape index (κ3) is 3.19. The first-order chi connectivity index (χ1) is 7.57. The first kappa shape index (κ1) is 13.5. The van der Waals surface area contributed by atoms with Crippen molar-refractivity contribution in [3.63, 3.8) is 0 Å². The molecule has 1 rings (SSSR count). The lowest BCUT2D eigenvalue weighted by molar-refractivity contribution is 0.647. The number of hydrogen-bond acceptors (Lipinski definition) is 3. The lowest BCUT2D eigenvalue weighted by Crippen LogP contribution is -2.33. The second-order valence-electron chi connectivity index (χ2n) is 4.19. The summed E-state index contributed by atoms with van der Waals surface area (Å²) in [5.41, 5.74) is 6.78. The van der Waals surface area contributed by atoms with Crippen LogP contribution in [0.5, 0.6) is 0 Å². The van der Waals surface area contributed by atoms with Crippen molar-refractivity contribution in [2.24, 2.45) is 5.73 Å². The van der Waals surface area contributed by atoms with Crippen LogP contribution < -0.4 is 10.6 Å². The number of anilines is 1. The molecular weight excluding hydrogens is 266 g/mol. The van der Waals surface area contributed by atoms with Crippen molar-refractivity contribution in [3.8, 4) is 0 Å². The molecule has 0 amide bonds. The lowest BCUT2D eigenvalue weighted by Gasteiger charge is -2.29. The van der Waals surface area contributed by atoms with Crippen molar-refractivity contribution >= 4 is 21.7 Å². The van der Waals surface area contributed by atoms with Crippen molar-refractivity contribution in [3.05, 3.63) is 22.3 Å². The molecule has 4 heteroatoms. The summed E-state index contributed by atoms with van der Waals surface area (Å²) in [6.07, 6.45) is 2.84. The number of halogens is 1. The van der Waals surface area contributed by atoms with Crippen LogP contribution in [0.3, 0.4) is 0 Å². The molecule has 0 bridgehead atoms. The average Bonchev–Trinajstić information content (AvgIpc) is 2.24. The molecule has 90 valence electrons. The predicted molar refractivity (Wildman–Crippen MR) is 72.8 cm³/mol. The Morgan fingerprint density at radius 1 is 1.50 bits per heavy atom. The van der Waals surface area contributed by atoms with E-state index in [9.17, 15) is 0 Å². The summed E-state index contributed by atoms with van der Waals surface area (Å²) in [6, 6.07) is 2.44. The van der Waals surface area contributed by atoms with E-state index in [0.717, 1.165) is 23.3 Å². The maximum absolute atomic E-state index is 5.56. The van der Waals surface area contributed by atoms with Crippen LogP contribution in [0.4, 0.5) is 5.82 Å². The normalized spacial score (nSPS) is 10.9. The number of hydrogen-bond donors (Lipinski definition) is 1. The molecule has 0 aliphatic heterocycles. The number of pyridine rings is 1. The molecule has 0 unspecified atom stereocenters. The van der Waals surface area contributed by atoms with Gasteiger partial charge in [-0.3, -0.25) is 0 Å². The monoisotopic (exact) mass is 285 g/mol. The smallest absolute Gasteiger partial charge is 0.143 e. The number of aryl methyl sites for hydroxylation is 1. The van der Waals surface area contributed by atoms with Crippen LogP contribution in [0.15, 0.2) is 16.7 Å². The Kier molecular flexibility index (Phi) is 5.22. The molecule has 0 spiro atoms. The Morgan fingerprint density at radius 3 is 2.75 bits per heavy atom. The largest absolute Gasteiger partial charge is 0.353 e. The van der Waals surface area contributed by atoms with Gasteiger partial charge in [0.05, 0.1) is 4.47 Å². The standard InChI is InChI=1S/C12H20BrN3/c1-9(2)16(8-4-6-14)12-11(13)10(3)5-7-15-12/h5,7,9H,4,6,8,14H2,1-3H3. The molecule has 0 saturated carbocycles. The molecule has 0 radical (unpaired) electrons. The Morgan fingerprint density at radius 2 is 2.19 bits per heavy atom. The summed E-state index contributed by atoms with van der Waals surface area (Å²) in [5.74, 6) is 1.02. The summed E-state index contributed by atoms with van der Waals surface area (Å²) in [7, 11) is 0. The Hall–Kier alpha value is -0.610. The van der Waals surface area contributed by atoms with E-state index in [4.69, 9.17) is 5.73 Å². The summed E-state index contributed by atoms with van der Waals surface area (Å²) in [6.45, 7) is 8.09. The van der Waals surface area contributed by atoms with Crippen LogP contribution in [-0.4, -0.2) is 24.1 Å². The van der Waals surface area contributed by atoms with E-state index < -0.39 is 0 Å². The fraction of sp³-hybridized carbons (Fsp3) is 0.583. The van der Waals surface area contributed by atoms with Crippen molar-refractivity contribution < 1.29 is 0 Å². The SMILES string of the molecule is Cc1ccnc(N(CCCN)C(C)C)c1Br. The van der Waals surface area contributed by atoms with E-state index in [1.807, 2.05) is 12.3 Å². The highest BCUT2D eigenvalue weighted by Gasteiger charge is 2.15. The van der Waals surface area contributed by atoms with E-state index in [1.165, 1.54) is 5.56 Å². The van der Waals surface area contributed by atoms with Gasteiger partial charge in [0, 0.05) is 18.8 Å². The van der Waals surface area contributed by atoms with Gasteiger partial charge in [0.2, 0.25) is 0 Å². The Labute approximate surface area is 106 Å². The quantitative estimate of drug-likeness (QED) is 0.905. The predicted octanol–water partition coefficient (Wildman–Crippen LogP) is 2.72. The summed E-state index contributed by atoms with van der Waals surface area (Å²) < 4.78 is 1.08. The highest BCUT2D eigenvalue weighted by Crippen LogP contribution is 2.28. The van der Waals surface area contributed by atoms with Crippen LogP contribution in [0.2, 0.25) is 0 Å². The van der Waals surface area contributed by atoms with E-state index in [2.05, 4.69) is 46.6 Å². The van der Waals surface area contributed by atoms with E-state index in [1.54, 1.807) is 0 Å². The summed E-state index contributed by atoms with van der Waals surface area (Å²) in [4.78, 5) is 6.73. The zero-order valence-corrected chi connectivity index (χ0v) is 11.8. The molecule has 1 aromatic heterocycles. The van der Waals surface area contributed by atoms with Crippen molar-refractivity contribution in [2.45, 2.75) is 33.2 Å². The molecule has 1 heterocycles. The molecular formula is C12H20BrN3. The molecule has 0 fully saturated rings. The minimum Gasteiger partial charge on any atom is -0.353 e. The lowest BCUT2D eigenvalue weighted by atomic mass is 10.2. The van der Waals surface area contributed by atoms with E-state index in [-0.39, 0.29) is 0 Å². The first-order valence-electron chi connectivity index (χ1n) is 5.65. The van der Waals surface area contributed by atoms with Gasteiger partial charge in [0.15, 0.2) is 0 Å². The Balaban J connectivity index is 2.96. The number of rotatable bonds is 5. The van der Waals surface area contributed by atoms with Crippen LogP contribution >= 0.6 is 15.9 Å². The van der Waals surface area contributed by atoms with Gasteiger partial charge in [0.1, 0.15) is 5.82 Å². The van der Waals surface area contributed by atoms with Gasteiger partial charge >= 0.3 is 0 Å². The maximum atomic E-state index is 5.56. The minimum absolute atomic E-state index is 0.428. The maximum Gasteiger partial charge on any atom is 0.143 e. The zero-order chi connectivity index (χ0) is 12.1. The van der Waals surface area contributed by atoms with Gasteiger partial charge in [-0.2, -0.15) is 0 Å². The third-order valence-corrected chi connectivity index (χ3v) is 3.54. The van der Waals surface area contributed by atoms with Crippen LogP contribution in [-0.2, 0) is 0 Å². The van der Waals surface area contributed by atoms with E-state index >= 15 is 0 Å². The third-order valence-electron chi connectivity index (χ3n) is 2.56. The molecule has 0 aliphatic carbocycles. The highest BCUT2D eigenvalue weighted by atomic mass is 79.9. The van der Waals surface area contributed by atoms with Gasteiger partial charge in [-0.1, -0.05) is 0 Å². The number of nitrogens with zero attached hydrogens (tertiary/aromatic N) is 2. The summed E-state index contributed by atoms with van der Waals surface area (Å²) in [5, 5.41) is 0. The van der Waals surface area contributed by atoms with Gasteiger partial charge < -0.3 is 10.6 Å². The molecule has 2 N–H and O–H groups in total. The molecule has 0 aromatic carbocycles. The second kappa shape index (κ2) is 6.21. The molecule has 0 saturated heterocycles. The summed E-state index contributed by atoms with van der Waals surface area (Å²) >= 11 is 3.61. The van der Waals surface area contributed by atoms with Crippen LogP contribution in [0, 0.1) is 6.92 Å². The fourth-order valence-corrected chi connectivity index (χ4v) is 2.06. The number of nitrogens with two attached hydrogens (primary N) is 1. The van der Waals surface area contributed by atoms with Gasteiger partial charge in [-0.05, 0) is 61.3 Å². The molecule has 0 aliphatic rings. The van der Waals surface area contributed by atoms with Crippen molar-refractivity contribution in [1.82, 2.24) is 4.98 Å². The fourth-order valence-electron chi connectivity index (χ4n) is 1.60. The first-order valence-corrected chi connectivity index (χ1v) is 6.45. The Bertz CT molecular complexity index is 339. The topological polar surface area (TPSA) is 42.2 Å².